The second-order valence-corrected chi connectivity index (χ2v) is 5.84. The topological polar surface area (TPSA) is 49.4 Å². The Balaban J connectivity index is 1.69. The highest BCUT2D eigenvalue weighted by atomic mass is 32.2. The molecule has 100 valence electrons. The molecule has 2 aliphatic rings. The van der Waals surface area contributed by atoms with E-state index in [1.807, 2.05) is 30.5 Å². The Morgan fingerprint density at radius 1 is 1.21 bits per heavy atom. The molecule has 1 N–H and O–H groups in total. The number of hydrogen-bond donors (Lipinski definition) is 1. The fraction of sp³-hybridized carbons (Fsp3) is 0.429. The minimum absolute atomic E-state index is 0.0364. The lowest BCUT2D eigenvalue weighted by atomic mass is 10.2. The quantitative estimate of drug-likeness (QED) is 0.676. The highest BCUT2D eigenvalue weighted by Crippen LogP contribution is 2.32. The lowest BCUT2D eigenvalue weighted by molar-refractivity contribution is -0.139. The van der Waals surface area contributed by atoms with E-state index in [2.05, 4.69) is 5.32 Å². The zero-order valence-corrected chi connectivity index (χ0v) is 11.6. The molecule has 1 heterocycles. The predicted molar refractivity (Wildman–Crippen MR) is 75.1 cm³/mol. The normalized spacial score (nSPS) is 23.0. The fourth-order valence-electron chi connectivity index (χ4n) is 2.37. The molecular formula is C14H16N2O2S. The van der Waals surface area contributed by atoms with Gasteiger partial charge in [0.2, 0.25) is 5.91 Å². The molecule has 0 spiro atoms. The molecule has 1 atom stereocenters. The average Bonchev–Trinajstić information content (AvgIpc) is 3.19. The van der Waals surface area contributed by atoms with Crippen LogP contribution in [0.2, 0.25) is 0 Å². The van der Waals surface area contributed by atoms with Gasteiger partial charge < -0.3 is 5.32 Å². The first-order valence-corrected chi connectivity index (χ1v) is 7.68. The Bertz CT molecular complexity index is 511. The molecule has 1 saturated carbocycles. The Morgan fingerprint density at radius 2 is 1.89 bits per heavy atom. The summed E-state index contributed by atoms with van der Waals surface area (Å²) in [6, 6.07) is 7.69. The Morgan fingerprint density at radius 3 is 2.47 bits per heavy atom. The molecule has 3 rings (SSSR count). The molecule has 2 fully saturated rings. The van der Waals surface area contributed by atoms with Gasteiger partial charge in [0.1, 0.15) is 6.04 Å². The number of anilines is 1. The van der Waals surface area contributed by atoms with Crippen molar-refractivity contribution in [2.75, 3.05) is 11.6 Å². The summed E-state index contributed by atoms with van der Waals surface area (Å²) in [4.78, 5) is 26.6. The first-order chi connectivity index (χ1) is 9.19. The van der Waals surface area contributed by atoms with Crippen LogP contribution in [-0.4, -0.2) is 35.1 Å². The average molecular weight is 276 g/mol. The maximum Gasteiger partial charge on any atom is 0.252 e. The third kappa shape index (κ3) is 2.47. The van der Waals surface area contributed by atoms with Crippen LogP contribution in [0.25, 0.3) is 0 Å². The van der Waals surface area contributed by atoms with E-state index in [9.17, 15) is 9.59 Å². The molecule has 0 unspecified atom stereocenters. The van der Waals surface area contributed by atoms with E-state index in [1.54, 1.807) is 11.8 Å². The van der Waals surface area contributed by atoms with Crippen molar-refractivity contribution in [2.24, 2.45) is 0 Å². The lowest BCUT2D eigenvalue weighted by Gasteiger charge is -2.15. The van der Waals surface area contributed by atoms with Crippen molar-refractivity contribution in [3.8, 4) is 0 Å². The zero-order chi connectivity index (χ0) is 13.4. The molecule has 1 aromatic rings. The van der Waals surface area contributed by atoms with Gasteiger partial charge in [-0.25, -0.2) is 0 Å². The van der Waals surface area contributed by atoms with Gasteiger partial charge in [0, 0.05) is 16.6 Å². The van der Waals surface area contributed by atoms with Gasteiger partial charge >= 0.3 is 0 Å². The SMILES string of the molecule is CSc1ccc(N[C@H]2CC(=O)N(C3CC3)C2=O)cc1. The number of benzene rings is 1. The van der Waals surface area contributed by atoms with E-state index in [4.69, 9.17) is 0 Å². The first kappa shape index (κ1) is 12.5. The van der Waals surface area contributed by atoms with E-state index in [0.717, 1.165) is 18.5 Å². The van der Waals surface area contributed by atoms with Crippen LogP contribution in [0.5, 0.6) is 0 Å². The van der Waals surface area contributed by atoms with Gasteiger partial charge in [0.15, 0.2) is 0 Å². The van der Waals surface area contributed by atoms with Crippen LogP contribution in [0.3, 0.4) is 0 Å². The van der Waals surface area contributed by atoms with Crippen LogP contribution in [-0.2, 0) is 9.59 Å². The summed E-state index contributed by atoms with van der Waals surface area (Å²) in [5.74, 6) is -0.104. The van der Waals surface area contributed by atoms with E-state index >= 15 is 0 Å². The van der Waals surface area contributed by atoms with Crippen molar-refractivity contribution in [3.63, 3.8) is 0 Å². The van der Waals surface area contributed by atoms with Crippen LogP contribution < -0.4 is 5.32 Å². The van der Waals surface area contributed by atoms with Crippen LogP contribution in [0.15, 0.2) is 29.2 Å². The van der Waals surface area contributed by atoms with E-state index in [-0.39, 0.29) is 24.3 Å². The van der Waals surface area contributed by atoms with Crippen molar-refractivity contribution in [1.29, 1.82) is 0 Å². The molecule has 1 aliphatic carbocycles. The molecule has 1 aromatic carbocycles. The molecule has 5 heteroatoms. The smallest absolute Gasteiger partial charge is 0.252 e. The summed E-state index contributed by atoms with van der Waals surface area (Å²) in [5.41, 5.74) is 0.890. The van der Waals surface area contributed by atoms with Gasteiger partial charge in [0.25, 0.3) is 5.91 Å². The van der Waals surface area contributed by atoms with Crippen molar-refractivity contribution in [1.82, 2.24) is 4.90 Å². The highest BCUT2D eigenvalue weighted by Gasteiger charge is 2.45. The Hall–Kier alpha value is -1.49. The van der Waals surface area contributed by atoms with Gasteiger partial charge in [-0.15, -0.1) is 11.8 Å². The molecule has 2 amide bonds. The molecule has 1 saturated heterocycles. The maximum atomic E-state index is 12.2. The summed E-state index contributed by atoms with van der Waals surface area (Å²) in [6.07, 6.45) is 4.23. The third-order valence-corrected chi connectivity index (χ3v) is 4.27. The number of carbonyl (C=O) groups is 2. The van der Waals surface area contributed by atoms with Gasteiger partial charge in [-0.05, 0) is 43.4 Å². The van der Waals surface area contributed by atoms with Crippen LogP contribution in [0.4, 0.5) is 5.69 Å². The second kappa shape index (κ2) is 4.89. The van der Waals surface area contributed by atoms with E-state index in [0.29, 0.717) is 0 Å². The first-order valence-electron chi connectivity index (χ1n) is 6.45. The van der Waals surface area contributed by atoms with Crippen LogP contribution in [0.1, 0.15) is 19.3 Å². The largest absolute Gasteiger partial charge is 0.373 e. The molecule has 0 radical (unpaired) electrons. The lowest BCUT2D eigenvalue weighted by Crippen LogP contribution is -2.36. The molecule has 0 aromatic heterocycles. The summed E-state index contributed by atoms with van der Waals surface area (Å²) in [5, 5.41) is 3.16. The summed E-state index contributed by atoms with van der Waals surface area (Å²) in [6.45, 7) is 0. The van der Waals surface area contributed by atoms with E-state index in [1.165, 1.54) is 9.80 Å². The van der Waals surface area contributed by atoms with Crippen molar-refractivity contribution in [2.45, 2.75) is 36.2 Å². The minimum atomic E-state index is -0.395. The summed E-state index contributed by atoms with van der Waals surface area (Å²) >= 11 is 1.68. The Labute approximate surface area is 116 Å². The number of rotatable bonds is 4. The fourth-order valence-corrected chi connectivity index (χ4v) is 2.78. The number of thioether (sulfide) groups is 1. The monoisotopic (exact) mass is 276 g/mol. The molecular weight excluding hydrogens is 260 g/mol. The number of imide groups is 1. The summed E-state index contributed by atoms with van der Waals surface area (Å²) in [7, 11) is 0. The van der Waals surface area contributed by atoms with Gasteiger partial charge in [-0.3, -0.25) is 14.5 Å². The van der Waals surface area contributed by atoms with Gasteiger partial charge in [-0.2, -0.15) is 0 Å². The van der Waals surface area contributed by atoms with Crippen molar-refractivity contribution >= 4 is 29.3 Å². The number of amides is 2. The predicted octanol–water partition coefficient (Wildman–Crippen LogP) is 2.11. The number of carbonyl (C=O) groups excluding carboxylic acids is 2. The van der Waals surface area contributed by atoms with Gasteiger partial charge in [-0.1, -0.05) is 0 Å². The minimum Gasteiger partial charge on any atom is -0.373 e. The maximum absolute atomic E-state index is 12.2. The van der Waals surface area contributed by atoms with Gasteiger partial charge in [0.05, 0.1) is 6.42 Å². The molecule has 19 heavy (non-hydrogen) atoms. The molecule has 1 aliphatic heterocycles. The number of nitrogens with zero attached hydrogens (tertiary/aromatic N) is 1. The van der Waals surface area contributed by atoms with E-state index < -0.39 is 6.04 Å². The number of likely N-dealkylation sites (tertiary alicyclic amines) is 1. The highest BCUT2D eigenvalue weighted by molar-refractivity contribution is 7.98. The van der Waals surface area contributed by atoms with Crippen LogP contribution >= 0.6 is 11.8 Å². The van der Waals surface area contributed by atoms with Crippen molar-refractivity contribution in [3.05, 3.63) is 24.3 Å². The van der Waals surface area contributed by atoms with Crippen molar-refractivity contribution < 1.29 is 9.59 Å². The second-order valence-electron chi connectivity index (χ2n) is 4.96. The number of hydrogen-bond acceptors (Lipinski definition) is 4. The molecule has 4 nitrogen and oxygen atoms in total. The standard InChI is InChI=1S/C14H16N2O2S/c1-19-11-6-2-9(3-7-11)15-12-8-13(17)16(14(12)18)10-4-5-10/h2-3,6-7,10,12,15H,4-5,8H2,1H3/t12-/m0/s1. The molecule has 0 bridgehead atoms. The Kier molecular flexibility index (Phi) is 3.22. The van der Waals surface area contributed by atoms with Crippen LogP contribution in [0, 0.1) is 0 Å². The summed E-state index contributed by atoms with van der Waals surface area (Å²) < 4.78 is 0. The zero-order valence-electron chi connectivity index (χ0n) is 10.8. The number of nitrogens with one attached hydrogen (secondary N) is 1. The third-order valence-electron chi connectivity index (χ3n) is 3.53.